The third-order valence-electron chi connectivity index (χ3n) is 5.39. The first-order valence-corrected chi connectivity index (χ1v) is 11.4. The van der Waals surface area contributed by atoms with Crippen molar-refractivity contribution in [1.82, 2.24) is 10.3 Å². The molecule has 0 saturated carbocycles. The van der Waals surface area contributed by atoms with Crippen molar-refractivity contribution in [2.75, 3.05) is 0 Å². The van der Waals surface area contributed by atoms with E-state index in [1.54, 1.807) is 12.1 Å². The van der Waals surface area contributed by atoms with Crippen molar-refractivity contribution in [3.8, 4) is 5.75 Å². The Kier molecular flexibility index (Phi) is 7.33. The zero-order valence-electron chi connectivity index (χ0n) is 17.4. The molecule has 5 nitrogen and oxygen atoms in total. The minimum atomic E-state index is -0.948. The fraction of sp³-hybridized carbons (Fsp3) is 0.160. The predicted molar refractivity (Wildman–Crippen MR) is 130 cm³/mol. The van der Waals surface area contributed by atoms with E-state index in [1.807, 2.05) is 42.6 Å². The van der Waals surface area contributed by atoms with Crippen molar-refractivity contribution in [3.05, 3.63) is 98.9 Å². The van der Waals surface area contributed by atoms with E-state index >= 15 is 0 Å². The molecule has 0 radical (unpaired) electrons. The van der Waals surface area contributed by atoms with Crippen molar-refractivity contribution in [2.45, 2.75) is 25.6 Å². The summed E-state index contributed by atoms with van der Waals surface area (Å²) in [4.78, 5) is 15.1. The quantitative estimate of drug-likeness (QED) is 0.244. The zero-order valence-corrected chi connectivity index (χ0v) is 19.8. The van der Waals surface area contributed by atoms with Crippen LogP contribution in [-0.2, 0) is 24.4 Å². The van der Waals surface area contributed by atoms with Gasteiger partial charge in [-0.3, -0.25) is 10.1 Å². The van der Waals surface area contributed by atoms with Gasteiger partial charge in [0.05, 0.1) is 5.02 Å². The van der Waals surface area contributed by atoms with Crippen LogP contribution in [0, 0.1) is 5.82 Å². The molecule has 0 unspecified atom stereocenters. The van der Waals surface area contributed by atoms with Gasteiger partial charge in [0.25, 0.3) is 0 Å². The normalized spacial score (nSPS) is 12.1. The van der Waals surface area contributed by atoms with Gasteiger partial charge in [-0.1, -0.05) is 51.8 Å². The molecule has 8 heteroatoms. The molecular weight excluding hydrogens is 511 g/mol. The maximum absolute atomic E-state index is 14.1. The maximum atomic E-state index is 14.1. The van der Waals surface area contributed by atoms with Crippen LogP contribution in [-0.4, -0.2) is 22.1 Å². The van der Waals surface area contributed by atoms with Crippen LogP contribution in [0.15, 0.2) is 71.3 Å². The summed E-state index contributed by atoms with van der Waals surface area (Å²) in [5.41, 5.74) is 2.89. The Hall–Kier alpha value is -2.87. The Balaban J connectivity index is 1.49. The Morgan fingerprint density at radius 1 is 1.15 bits per heavy atom. The topological polar surface area (TPSA) is 74.3 Å². The largest absolute Gasteiger partial charge is 0.488 e. The second-order valence-electron chi connectivity index (χ2n) is 7.58. The number of carbonyl (C=O) groups is 1. The molecule has 0 aliphatic carbocycles. The summed E-state index contributed by atoms with van der Waals surface area (Å²) in [6.45, 7) is 0.205. The van der Waals surface area contributed by atoms with E-state index in [2.05, 4.69) is 26.2 Å². The average molecular weight is 532 g/mol. The molecular formula is C25H21BrClFN2O3. The first-order chi connectivity index (χ1) is 15.9. The van der Waals surface area contributed by atoms with E-state index in [-0.39, 0.29) is 23.7 Å². The highest BCUT2D eigenvalue weighted by atomic mass is 79.9. The lowest BCUT2D eigenvalue weighted by molar-refractivity contribution is -0.139. The van der Waals surface area contributed by atoms with E-state index in [0.717, 1.165) is 26.5 Å². The van der Waals surface area contributed by atoms with E-state index < -0.39 is 17.8 Å². The van der Waals surface area contributed by atoms with Crippen LogP contribution in [0.25, 0.3) is 10.9 Å². The van der Waals surface area contributed by atoms with Crippen LogP contribution in [0.2, 0.25) is 5.02 Å². The summed E-state index contributed by atoms with van der Waals surface area (Å²) in [5, 5.41) is 14.2. The summed E-state index contributed by atoms with van der Waals surface area (Å²) in [5.74, 6) is -0.874. The molecule has 3 N–H and O–H groups in total. The first kappa shape index (κ1) is 23.3. The number of hydrogen-bond acceptors (Lipinski definition) is 3. The number of para-hydroxylation sites is 1. The number of fused-ring (bicyclic) bond motifs is 1. The smallest absolute Gasteiger partial charge is 0.321 e. The number of halogens is 3. The van der Waals surface area contributed by atoms with Crippen molar-refractivity contribution in [2.24, 2.45) is 0 Å². The number of ether oxygens (including phenoxy) is 1. The van der Waals surface area contributed by atoms with E-state index in [0.29, 0.717) is 12.2 Å². The lowest BCUT2D eigenvalue weighted by Crippen LogP contribution is -2.38. The Labute approximate surface area is 203 Å². The lowest BCUT2D eigenvalue weighted by atomic mass is 10.0. The Morgan fingerprint density at radius 3 is 2.76 bits per heavy atom. The van der Waals surface area contributed by atoms with Gasteiger partial charge in [0.1, 0.15) is 24.2 Å². The van der Waals surface area contributed by atoms with Crippen molar-refractivity contribution in [1.29, 1.82) is 0 Å². The van der Waals surface area contributed by atoms with E-state index in [1.165, 1.54) is 12.1 Å². The molecule has 0 bridgehead atoms. The highest BCUT2D eigenvalue weighted by Gasteiger charge is 2.20. The molecule has 0 amide bonds. The van der Waals surface area contributed by atoms with Gasteiger partial charge in [-0.25, -0.2) is 4.39 Å². The van der Waals surface area contributed by atoms with Crippen LogP contribution in [0.5, 0.6) is 5.75 Å². The van der Waals surface area contributed by atoms with Gasteiger partial charge in [0.15, 0.2) is 0 Å². The molecule has 1 atom stereocenters. The number of H-pyrrole nitrogens is 1. The average Bonchev–Trinajstić information content (AvgIpc) is 3.20. The molecule has 4 rings (SSSR count). The fourth-order valence-electron chi connectivity index (χ4n) is 3.65. The number of aromatic nitrogens is 1. The van der Waals surface area contributed by atoms with Gasteiger partial charge >= 0.3 is 5.97 Å². The highest BCUT2D eigenvalue weighted by Crippen LogP contribution is 2.27. The number of nitrogens with one attached hydrogen (secondary N) is 2. The van der Waals surface area contributed by atoms with Crippen LogP contribution in [0.1, 0.15) is 16.7 Å². The van der Waals surface area contributed by atoms with Gasteiger partial charge in [-0.15, -0.1) is 0 Å². The molecule has 0 saturated heterocycles. The third kappa shape index (κ3) is 5.55. The Bertz CT molecular complexity index is 1270. The second kappa shape index (κ2) is 10.4. The zero-order chi connectivity index (χ0) is 23.4. The van der Waals surface area contributed by atoms with Crippen LogP contribution in [0.3, 0.4) is 0 Å². The molecule has 3 aromatic carbocycles. The SMILES string of the molecule is O=C(O)[C@@H](Cc1c[nH]c2ccccc12)NCc1cc(Br)ccc1OCc1c(F)cccc1Cl. The molecule has 33 heavy (non-hydrogen) atoms. The summed E-state index contributed by atoms with van der Waals surface area (Å²) >= 11 is 9.54. The molecule has 0 spiro atoms. The van der Waals surface area contributed by atoms with E-state index in [9.17, 15) is 14.3 Å². The van der Waals surface area contributed by atoms with Crippen LogP contribution >= 0.6 is 27.5 Å². The molecule has 1 heterocycles. The summed E-state index contributed by atoms with van der Waals surface area (Å²) in [6.07, 6.45) is 2.16. The molecule has 4 aromatic rings. The van der Waals surface area contributed by atoms with Gasteiger partial charge in [0.2, 0.25) is 0 Å². The van der Waals surface area contributed by atoms with Crippen molar-refractivity contribution in [3.63, 3.8) is 0 Å². The lowest BCUT2D eigenvalue weighted by Gasteiger charge is -2.17. The molecule has 0 aliphatic rings. The number of carboxylic acid groups (broad SMARTS) is 1. The highest BCUT2D eigenvalue weighted by molar-refractivity contribution is 9.10. The maximum Gasteiger partial charge on any atom is 0.321 e. The summed E-state index contributed by atoms with van der Waals surface area (Å²) in [7, 11) is 0. The molecule has 0 aliphatic heterocycles. The van der Waals surface area contributed by atoms with Gasteiger partial charge in [-0.05, 0) is 42.0 Å². The molecule has 0 fully saturated rings. The fourth-order valence-corrected chi connectivity index (χ4v) is 4.27. The van der Waals surface area contributed by atoms with Crippen LogP contribution in [0.4, 0.5) is 4.39 Å². The minimum Gasteiger partial charge on any atom is -0.488 e. The number of hydrogen-bond donors (Lipinski definition) is 3. The van der Waals surface area contributed by atoms with Crippen LogP contribution < -0.4 is 10.1 Å². The number of aliphatic carboxylic acids is 1. The van der Waals surface area contributed by atoms with Crippen molar-refractivity contribution < 1.29 is 19.0 Å². The summed E-state index contributed by atoms with van der Waals surface area (Å²) in [6, 6.07) is 16.8. The van der Waals surface area contributed by atoms with E-state index in [4.69, 9.17) is 16.3 Å². The third-order valence-corrected chi connectivity index (χ3v) is 6.24. The minimum absolute atomic E-state index is 0.0438. The number of aromatic amines is 1. The number of carboxylic acids is 1. The van der Waals surface area contributed by atoms with Crippen molar-refractivity contribution >= 4 is 44.4 Å². The molecule has 170 valence electrons. The Morgan fingerprint density at radius 2 is 1.97 bits per heavy atom. The van der Waals surface area contributed by atoms with Gasteiger partial charge < -0.3 is 14.8 Å². The second-order valence-corrected chi connectivity index (χ2v) is 8.90. The monoisotopic (exact) mass is 530 g/mol. The number of rotatable bonds is 9. The first-order valence-electron chi connectivity index (χ1n) is 10.3. The van der Waals surface area contributed by atoms with Gasteiger partial charge in [0, 0.05) is 45.7 Å². The number of benzene rings is 3. The standard InChI is InChI=1S/C25H21BrClFN2O3/c26-17-8-9-24(33-14-19-20(27)5-3-6-21(19)28)16(10-17)13-30-23(25(31)32)11-15-12-29-22-7-2-1-4-18(15)22/h1-10,12,23,29-30H,11,13-14H2,(H,31,32)/t23-/m1/s1. The summed E-state index contributed by atoms with van der Waals surface area (Å²) < 4.78 is 20.8. The molecule has 1 aromatic heterocycles. The predicted octanol–water partition coefficient (Wildman–Crippen LogP) is 6.09. The van der Waals surface area contributed by atoms with Gasteiger partial charge in [-0.2, -0.15) is 0 Å².